The van der Waals surface area contributed by atoms with E-state index in [0.717, 1.165) is 16.9 Å². The summed E-state index contributed by atoms with van der Waals surface area (Å²) in [7, 11) is 1.75. The third-order valence-electron chi connectivity index (χ3n) is 5.99. The molecule has 220 valence electrons. The molecule has 0 aliphatic carbocycles. The molecule has 3 aromatic heterocycles. The number of nitrogens with two attached hydrogens (primary N) is 1. The average molecular weight is 592 g/mol. The van der Waals surface area contributed by atoms with Crippen LogP contribution in [0.4, 0.5) is 10.9 Å². The topological polar surface area (TPSA) is 259 Å². The number of fused-ring (bicyclic) bond motifs is 1. The molecule has 0 saturated heterocycles. The van der Waals surface area contributed by atoms with E-state index in [1.165, 1.54) is 6.07 Å². The molecule has 3 rings (SSSR count). The van der Waals surface area contributed by atoms with E-state index in [1.807, 2.05) is 0 Å². The molecule has 2 atom stereocenters. The van der Waals surface area contributed by atoms with Crippen molar-refractivity contribution in [1.82, 2.24) is 25.2 Å². The lowest BCUT2D eigenvalue weighted by atomic mass is 10.1. The molecule has 0 saturated carbocycles. The van der Waals surface area contributed by atoms with Gasteiger partial charge in [-0.3, -0.25) is 24.2 Å². The van der Waals surface area contributed by atoms with Gasteiger partial charge in [0.15, 0.2) is 0 Å². The van der Waals surface area contributed by atoms with Crippen LogP contribution in [0.2, 0.25) is 0 Å². The van der Waals surface area contributed by atoms with Crippen LogP contribution >= 0.6 is 11.3 Å². The first kappa shape index (κ1) is 30.6. The first-order chi connectivity index (χ1) is 19.3. The summed E-state index contributed by atoms with van der Waals surface area (Å²) >= 11 is 1.08. The maximum absolute atomic E-state index is 12.7. The second-order valence-corrected chi connectivity index (χ2v) is 10.1. The van der Waals surface area contributed by atoms with Crippen molar-refractivity contribution >= 4 is 63.0 Å². The highest BCUT2D eigenvalue weighted by atomic mass is 32.1. The van der Waals surface area contributed by atoms with Gasteiger partial charge in [0.1, 0.15) is 17.7 Å². The highest BCUT2D eigenvalue weighted by Crippen LogP contribution is 2.23. The molecule has 0 aliphatic rings. The van der Waals surface area contributed by atoms with Crippen LogP contribution in [0.15, 0.2) is 23.1 Å². The summed E-state index contributed by atoms with van der Waals surface area (Å²) in [6.07, 6.45) is 0.707. The molecule has 0 bridgehead atoms. The molecule has 0 unspecified atom stereocenters. The van der Waals surface area contributed by atoms with Crippen LogP contribution in [0, 0.1) is 0 Å². The molecule has 9 N–H and O–H groups in total. The van der Waals surface area contributed by atoms with E-state index < -0.39 is 54.6 Å². The average Bonchev–Trinajstić information content (AvgIpc) is 3.48. The van der Waals surface area contributed by atoms with Gasteiger partial charge in [-0.2, -0.15) is 4.98 Å². The van der Waals surface area contributed by atoms with Crippen LogP contribution in [-0.4, -0.2) is 78.2 Å². The Morgan fingerprint density at radius 2 is 1.71 bits per heavy atom. The van der Waals surface area contributed by atoms with Gasteiger partial charge >= 0.3 is 17.9 Å². The fourth-order valence-electron chi connectivity index (χ4n) is 4.00. The fourth-order valence-corrected chi connectivity index (χ4v) is 4.84. The second-order valence-electron chi connectivity index (χ2n) is 9.05. The Balaban J connectivity index is 1.53. The van der Waals surface area contributed by atoms with Crippen molar-refractivity contribution in [2.24, 2.45) is 7.05 Å². The molecule has 2 amide bonds. The molecule has 3 aromatic rings. The van der Waals surface area contributed by atoms with Crippen molar-refractivity contribution < 1.29 is 39.3 Å². The van der Waals surface area contributed by atoms with Gasteiger partial charge in [-0.1, -0.05) is 0 Å². The number of carbonyl (C=O) groups excluding carboxylic acids is 2. The van der Waals surface area contributed by atoms with Crippen LogP contribution in [0.25, 0.3) is 11.0 Å². The maximum atomic E-state index is 12.7. The van der Waals surface area contributed by atoms with E-state index in [4.69, 9.17) is 15.9 Å². The Morgan fingerprint density at radius 1 is 1.05 bits per heavy atom. The zero-order valence-electron chi connectivity index (χ0n) is 21.8. The van der Waals surface area contributed by atoms with Crippen molar-refractivity contribution in [2.45, 2.75) is 44.2 Å². The summed E-state index contributed by atoms with van der Waals surface area (Å²) < 4.78 is 1.70. The predicted molar refractivity (Wildman–Crippen MR) is 147 cm³/mol. The summed E-state index contributed by atoms with van der Waals surface area (Å²) in [5, 5.41) is 36.0. The number of anilines is 2. The summed E-state index contributed by atoms with van der Waals surface area (Å²) in [6, 6.07) is 0.277. The molecular weight excluding hydrogens is 562 g/mol. The van der Waals surface area contributed by atoms with E-state index in [9.17, 15) is 33.9 Å². The zero-order valence-corrected chi connectivity index (χ0v) is 22.6. The molecule has 16 nitrogen and oxygen atoms in total. The number of H-pyrrole nitrogens is 1. The number of aromatic amines is 1. The SMILES string of the molecule is Cn1cc(CCNc2ccc(C(=O)N[C@@H](CCC(=O)N[C@@H](CCC(=O)O)C(=O)O)C(=O)O)s2)c2c(=O)[nH]c(N)nc21. The number of hydrogen-bond donors (Lipinski definition) is 8. The molecule has 0 fully saturated rings. The Kier molecular flexibility index (Phi) is 10.0. The van der Waals surface area contributed by atoms with Gasteiger partial charge in [-0.25, -0.2) is 9.59 Å². The first-order valence-corrected chi connectivity index (χ1v) is 13.1. The van der Waals surface area contributed by atoms with Gasteiger partial charge in [0.2, 0.25) is 11.9 Å². The van der Waals surface area contributed by atoms with Crippen LogP contribution in [0.5, 0.6) is 0 Å². The minimum Gasteiger partial charge on any atom is -0.481 e. The smallest absolute Gasteiger partial charge is 0.326 e. The minimum atomic E-state index is -1.44. The summed E-state index contributed by atoms with van der Waals surface area (Å²) in [5.74, 6) is -5.48. The van der Waals surface area contributed by atoms with Crippen LogP contribution < -0.4 is 27.2 Å². The number of amides is 2. The quantitative estimate of drug-likeness (QED) is 0.116. The molecule has 0 aliphatic heterocycles. The third-order valence-corrected chi connectivity index (χ3v) is 7.03. The molecule has 3 heterocycles. The van der Waals surface area contributed by atoms with Gasteiger partial charge in [-0.05, 0) is 37.0 Å². The van der Waals surface area contributed by atoms with Gasteiger partial charge < -0.3 is 41.6 Å². The van der Waals surface area contributed by atoms with Crippen molar-refractivity contribution in [2.75, 3.05) is 17.6 Å². The normalized spacial score (nSPS) is 12.4. The van der Waals surface area contributed by atoms with E-state index >= 15 is 0 Å². The second kappa shape index (κ2) is 13.4. The van der Waals surface area contributed by atoms with Crippen LogP contribution in [0.1, 0.15) is 40.9 Å². The number of carboxylic acid groups (broad SMARTS) is 3. The third kappa shape index (κ3) is 8.28. The number of nitrogen functional groups attached to an aromatic ring is 1. The number of nitrogens with zero attached hydrogens (tertiary/aromatic N) is 2. The Bertz CT molecular complexity index is 1530. The lowest BCUT2D eigenvalue weighted by molar-refractivity contribution is -0.143. The maximum Gasteiger partial charge on any atom is 0.326 e. The Labute approximate surface area is 235 Å². The number of carboxylic acids is 3. The van der Waals surface area contributed by atoms with Gasteiger partial charge in [0.05, 0.1) is 15.3 Å². The van der Waals surface area contributed by atoms with E-state index in [1.54, 1.807) is 23.9 Å². The van der Waals surface area contributed by atoms with E-state index in [-0.39, 0.29) is 29.2 Å². The molecular formula is C24H29N7O9S. The van der Waals surface area contributed by atoms with Gasteiger partial charge in [-0.15, -0.1) is 11.3 Å². The van der Waals surface area contributed by atoms with Crippen molar-refractivity contribution in [3.8, 4) is 0 Å². The summed E-state index contributed by atoms with van der Waals surface area (Å²) in [6.45, 7) is 0.418. The van der Waals surface area contributed by atoms with Gasteiger partial charge in [0.25, 0.3) is 11.5 Å². The van der Waals surface area contributed by atoms with Crippen LogP contribution in [0.3, 0.4) is 0 Å². The molecule has 0 aromatic carbocycles. The minimum absolute atomic E-state index is 0.0194. The molecule has 0 radical (unpaired) electrons. The highest BCUT2D eigenvalue weighted by molar-refractivity contribution is 7.17. The first-order valence-electron chi connectivity index (χ1n) is 12.3. The van der Waals surface area contributed by atoms with Gasteiger partial charge in [0, 0.05) is 32.6 Å². The molecule has 17 heteroatoms. The number of carbonyl (C=O) groups is 5. The summed E-state index contributed by atoms with van der Waals surface area (Å²) in [5.41, 5.74) is 6.49. The lowest BCUT2D eigenvalue weighted by Crippen LogP contribution is -2.44. The summed E-state index contributed by atoms with van der Waals surface area (Å²) in [4.78, 5) is 77.5. The predicted octanol–water partition coefficient (Wildman–Crippen LogP) is -0.0427. The monoisotopic (exact) mass is 591 g/mol. The fraction of sp³-hybridized carbons (Fsp3) is 0.375. The van der Waals surface area contributed by atoms with Crippen molar-refractivity contribution in [3.05, 3.63) is 39.1 Å². The number of aromatic nitrogens is 3. The van der Waals surface area contributed by atoms with E-state index in [2.05, 4.69) is 25.9 Å². The number of hydrogen-bond acceptors (Lipinski definition) is 10. The van der Waals surface area contributed by atoms with E-state index in [0.29, 0.717) is 29.0 Å². The number of aryl methyl sites for hydroxylation is 1. The molecule has 41 heavy (non-hydrogen) atoms. The van der Waals surface area contributed by atoms with Crippen LogP contribution in [-0.2, 0) is 32.6 Å². The van der Waals surface area contributed by atoms with Crippen molar-refractivity contribution in [3.63, 3.8) is 0 Å². The highest BCUT2D eigenvalue weighted by Gasteiger charge is 2.25. The number of aliphatic carboxylic acids is 3. The zero-order chi connectivity index (χ0) is 30.3. The number of nitrogens with one attached hydrogen (secondary N) is 4. The Hall–Kier alpha value is -4.93. The standard InChI is InChI=1S/C24H29N7O9S/c1-31-10-11(18-19(31)29-24(25)30-21(18)36)8-9-26-16-6-4-14(41-16)20(35)28-13(23(39)40)2-5-15(32)27-12(22(37)38)3-7-17(33)34/h4,6,10,12-13,26H,2-3,5,7-9H2,1H3,(H,27,32)(H,28,35)(H,33,34)(H,37,38)(H,39,40)(H3,25,29,30,36)/t12-,13-/m0/s1. The number of thiophene rings is 1. The largest absolute Gasteiger partial charge is 0.481 e. The van der Waals surface area contributed by atoms with Crippen molar-refractivity contribution in [1.29, 1.82) is 0 Å². The Morgan fingerprint density at radius 3 is 2.37 bits per heavy atom. The lowest BCUT2D eigenvalue weighted by Gasteiger charge is -2.16. The molecule has 0 spiro atoms. The number of rotatable bonds is 15.